The van der Waals surface area contributed by atoms with Gasteiger partial charge in [0, 0.05) is 5.54 Å². The zero-order valence-corrected chi connectivity index (χ0v) is 12.1. The summed E-state index contributed by atoms with van der Waals surface area (Å²) in [4.78, 5) is 36.3. The Balaban J connectivity index is 1.42. The molecular weight excluding hydrogens is 270 g/mol. The summed E-state index contributed by atoms with van der Waals surface area (Å²) in [5.74, 6) is 1.76. The monoisotopic (exact) mass is 291 g/mol. The van der Waals surface area contributed by atoms with E-state index in [2.05, 4.69) is 10.6 Å². The van der Waals surface area contributed by atoms with Crippen LogP contribution in [-0.4, -0.2) is 41.4 Å². The Morgan fingerprint density at radius 3 is 2.19 bits per heavy atom. The van der Waals surface area contributed by atoms with Crippen LogP contribution in [-0.2, 0) is 9.59 Å². The van der Waals surface area contributed by atoms with Crippen molar-refractivity contribution in [1.29, 1.82) is 0 Å². The summed E-state index contributed by atoms with van der Waals surface area (Å²) in [6, 6.07) is -0.458. The smallest absolute Gasteiger partial charge is 0.325 e. The lowest BCUT2D eigenvalue weighted by atomic mass is 9.53. The Labute approximate surface area is 123 Å². The van der Waals surface area contributed by atoms with Crippen LogP contribution in [0.2, 0.25) is 0 Å². The second-order valence-electron chi connectivity index (χ2n) is 7.38. The number of nitrogens with one attached hydrogen (secondary N) is 2. The molecule has 6 heteroatoms. The first-order chi connectivity index (χ1) is 10.0. The Bertz CT molecular complexity index is 465. The van der Waals surface area contributed by atoms with Crippen LogP contribution in [0, 0.1) is 17.8 Å². The maximum absolute atomic E-state index is 12.3. The van der Waals surface area contributed by atoms with E-state index in [9.17, 15) is 14.4 Å². The number of carbonyl (C=O) groups excluding carboxylic acids is 3. The number of nitrogens with zero attached hydrogens (tertiary/aromatic N) is 1. The van der Waals surface area contributed by atoms with Crippen molar-refractivity contribution in [2.75, 3.05) is 13.1 Å². The van der Waals surface area contributed by atoms with Gasteiger partial charge in [0.2, 0.25) is 5.91 Å². The molecule has 0 atom stereocenters. The zero-order chi connectivity index (χ0) is 14.6. The molecule has 114 valence electrons. The third-order valence-electron chi connectivity index (χ3n) is 5.68. The predicted octanol–water partition coefficient (Wildman–Crippen LogP) is 0.623. The first kappa shape index (κ1) is 13.1. The normalized spacial score (nSPS) is 40.6. The highest BCUT2D eigenvalue weighted by Gasteiger charge is 2.51. The number of rotatable bonds is 3. The summed E-state index contributed by atoms with van der Waals surface area (Å²) in [5, 5.41) is 5.62. The molecule has 0 radical (unpaired) electrons. The van der Waals surface area contributed by atoms with Crippen molar-refractivity contribution in [3.63, 3.8) is 0 Å². The van der Waals surface area contributed by atoms with E-state index in [0.717, 1.165) is 41.9 Å². The van der Waals surface area contributed by atoms with Gasteiger partial charge in [0.15, 0.2) is 0 Å². The third kappa shape index (κ3) is 2.21. The van der Waals surface area contributed by atoms with Gasteiger partial charge >= 0.3 is 6.03 Å². The first-order valence-electron chi connectivity index (χ1n) is 7.92. The van der Waals surface area contributed by atoms with Crippen LogP contribution in [0.4, 0.5) is 4.79 Å². The first-order valence-corrected chi connectivity index (χ1v) is 7.92. The van der Waals surface area contributed by atoms with Crippen molar-refractivity contribution < 1.29 is 14.4 Å². The summed E-state index contributed by atoms with van der Waals surface area (Å²) in [6.45, 7) is -0.143. The molecule has 1 heterocycles. The Hall–Kier alpha value is -1.59. The molecule has 4 amide bonds. The molecule has 5 fully saturated rings. The van der Waals surface area contributed by atoms with Gasteiger partial charge in [0.1, 0.15) is 6.54 Å². The van der Waals surface area contributed by atoms with E-state index >= 15 is 0 Å². The lowest BCUT2D eigenvalue weighted by Gasteiger charge is -2.56. The molecule has 21 heavy (non-hydrogen) atoms. The highest BCUT2D eigenvalue weighted by Crippen LogP contribution is 2.55. The van der Waals surface area contributed by atoms with Crippen molar-refractivity contribution in [2.45, 2.75) is 44.1 Å². The van der Waals surface area contributed by atoms with Crippen LogP contribution in [0.5, 0.6) is 0 Å². The van der Waals surface area contributed by atoms with Gasteiger partial charge in [-0.3, -0.25) is 14.5 Å². The molecule has 0 aromatic heterocycles. The van der Waals surface area contributed by atoms with Gasteiger partial charge in [0.05, 0.1) is 6.54 Å². The molecule has 1 aliphatic heterocycles. The summed E-state index contributed by atoms with van der Waals surface area (Å²) < 4.78 is 0. The molecule has 0 spiro atoms. The van der Waals surface area contributed by atoms with Gasteiger partial charge in [-0.1, -0.05) is 0 Å². The minimum Gasteiger partial charge on any atom is -0.349 e. The molecule has 4 bridgehead atoms. The lowest BCUT2D eigenvalue weighted by molar-refractivity contribution is -0.133. The molecule has 5 aliphatic rings. The van der Waals surface area contributed by atoms with Gasteiger partial charge in [-0.25, -0.2) is 4.79 Å². The van der Waals surface area contributed by atoms with E-state index in [4.69, 9.17) is 0 Å². The van der Waals surface area contributed by atoms with Crippen LogP contribution < -0.4 is 10.6 Å². The van der Waals surface area contributed by atoms with Crippen LogP contribution in [0.15, 0.2) is 0 Å². The van der Waals surface area contributed by atoms with Crippen LogP contribution >= 0.6 is 0 Å². The average molecular weight is 291 g/mol. The van der Waals surface area contributed by atoms with Gasteiger partial charge in [-0.15, -0.1) is 0 Å². The van der Waals surface area contributed by atoms with E-state index in [-0.39, 0.29) is 30.4 Å². The number of imide groups is 1. The van der Waals surface area contributed by atoms with E-state index < -0.39 is 6.03 Å². The maximum Gasteiger partial charge on any atom is 0.325 e. The number of hydrogen-bond donors (Lipinski definition) is 2. The molecule has 0 unspecified atom stereocenters. The molecule has 1 saturated heterocycles. The highest BCUT2D eigenvalue weighted by atomic mass is 16.2. The van der Waals surface area contributed by atoms with Gasteiger partial charge in [0.25, 0.3) is 5.91 Å². The quantitative estimate of drug-likeness (QED) is 0.748. The largest absolute Gasteiger partial charge is 0.349 e. The zero-order valence-electron chi connectivity index (χ0n) is 12.1. The molecule has 6 nitrogen and oxygen atoms in total. The topological polar surface area (TPSA) is 78.5 Å². The van der Waals surface area contributed by atoms with E-state index in [1.807, 2.05) is 0 Å². The predicted molar refractivity (Wildman–Crippen MR) is 74.2 cm³/mol. The molecule has 5 rings (SSSR count). The molecule has 4 aliphatic carbocycles. The van der Waals surface area contributed by atoms with Gasteiger partial charge < -0.3 is 10.6 Å². The summed E-state index contributed by atoms with van der Waals surface area (Å²) in [7, 11) is 0. The average Bonchev–Trinajstić information content (AvgIpc) is 2.68. The highest BCUT2D eigenvalue weighted by molar-refractivity contribution is 6.04. The van der Waals surface area contributed by atoms with Crippen molar-refractivity contribution in [2.24, 2.45) is 17.8 Å². The van der Waals surface area contributed by atoms with Gasteiger partial charge in [-0.2, -0.15) is 0 Å². The van der Waals surface area contributed by atoms with Crippen LogP contribution in [0.1, 0.15) is 38.5 Å². The molecule has 0 aromatic carbocycles. The van der Waals surface area contributed by atoms with E-state index in [1.165, 1.54) is 19.3 Å². The Kier molecular flexibility index (Phi) is 2.78. The maximum atomic E-state index is 12.3. The number of urea groups is 1. The summed E-state index contributed by atoms with van der Waals surface area (Å²) in [5.41, 5.74) is -0.0644. The molecule has 0 aromatic rings. The standard InChI is InChI=1S/C15H21N3O3/c19-12(8-18-13(20)7-16-14(18)21)17-15-4-9-1-10(5-15)3-11(2-9)6-15/h9-11H,1-8H2,(H,16,21)(H,17,19). The van der Waals surface area contributed by atoms with Crippen molar-refractivity contribution in [3.8, 4) is 0 Å². The fraction of sp³-hybridized carbons (Fsp3) is 0.800. The minimum absolute atomic E-state index is 0.00345. The fourth-order valence-corrected chi connectivity index (χ4v) is 5.36. The van der Waals surface area contributed by atoms with Crippen molar-refractivity contribution >= 4 is 17.8 Å². The SMILES string of the molecule is O=C(CN1C(=O)CNC1=O)NC12CC3CC(CC(C3)C1)C2. The van der Waals surface area contributed by atoms with E-state index in [1.54, 1.807) is 0 Å². The lowest BCUT2D eigenvalue weighted by Crippen LogP contribution is -2.61. The van der Waals surface area contributed by atoms with Crippen LogP contribution in [0.25, 0.3) is 0 Å². The second-order valence-corrected chi connectivity index (χ2v) is 7.38. The van der Waals surface area contributed by atoms with E-state index in [0.29, 0.717) is 0 Å². The Morgan fingerprint density at radius 2 is 1.71 bits per heavy atom. The second kappa shape index (κ2) is 4.45. The number of hydrogen-bond acceptors (Lipinski definition) is 3. The van der Waals surface area contributed by atoms with Gasteiger partial charge in [-0.05, 0) is 56.3 Å². The van der Waals surface area contributed by atoms with Crippen molar-refractivity contribution in [1.82, 2.24) is 15.5 Å². The number of carbonyl (C=O) groups is 3. The summed E-state index contributed by atoms with van der Waals surface area (Å²) >= 11 is 0. The molecular formula is C15H21N3O3. The fourth-order valence-electron chi connectivity index (χ4n) is 5.36. The molecule has 4 saturated carbocycles. The number of amides is 4. The Morgan fingerprint density at radius 1 is 1.14 bits per heavy atom. The third-order valence-corrected chi connectivity index (χ3v) is 5.68. The minimum atomic E-state index is -0.458. The summed E-state index contributed by atoms with van der Waals surface area (Å²) in [6.07, 6.45) is 7.19. The van der Waals surface area contributed by atoms with Crippen LogP contribution in [0.3, 0.4) is 0 Å². The molecule has 2 N–H and O–H groups in total. The van der Waals surface area contributed by atoms with Crippen molar-refractivity contribution in [3.05, 3.63) is 0 Å².